The van der Waals surface area contributed by atoms with Gasteiger partial charge in [0.05, 0.1) is 10.5 Å². The Morgan fingerprint density at radius 3 is 2.30 bits per heavy atom. The molecule has 162 valence electrons. The van der Waals surface area contributed by atoms with Crippen molar-refractivity contribution in [1.29, 1.82) is 0 Å². The molecular formula is C22H25F3N2O2S. The number of hydrogen-bond acceptors (Lipinski definition) is 3. The van der Waals surface area contributed by atoms with Gasteiger partial charge in [-0.1, -0.05) is 19.1 Å². The summed E-state index contributed by atoms with van der Waals surface area (Å²) in [6.07, 6.45) is -2.17. The number of nitrogens with one attached hydrogen (secondary N) is 1. The molecule has 2 aromatic carbocycles. The van der Waals surface area contributed by atoms with Gasteiger partial charge in [-0.3, -0.25) is 4.72 Å². The summed E-state index contributed by atoms with van der Waals surface area (Å²) in [4.78, 5) is 2.32. The van der Waals surface area contributed by atoms with Crippen molar-refractivity contribution in [1.82, 2.24) is 4.90 Å². The van der Waals surface area contributed by atoms with Crippen LogP contribution in [0.3, 0.4) is 0 Å². The van der Waals surface area contributed by atoms with Crippen LogP contribution in [0.25, 0.3) is 0 Å². The zero-order valence-corrected chi connectivity index (χ0v) is 17.5. The summed E-state index contributed by atoms with van der Waals surface area (Å²) in [6, 6.07) is 10.8. The lowest BCUT2D eigenvalue weighted by molar-refractivity contribution is -0.137. The number of halogens is 3. The molecule has 2 aromatic rings. The van der Waals surface area contributed by atoms with Crippen molar-refractivity contribution < 1.29 is 21.6 Å². The average molecular weight is 439 g/mol. The molecule has 3 unspecified atom stereocenters. The molecule has 4 rings (SSSR count). The summed E-state index contributed by atoms with van der Waals surface area (Å²) in [5.41, 5.74) is 0.731. The Kier molecular flexibility index (Phi) is 5.57. The normalized spacial score (nSPS) is 24.3. The second-order valence-corrected chi connectivity index (χ2v) is 9.96. The maximum Gasteiger partial charge on any atom is 0.416 e. The average Bonchev–Trinajstić information content (AvgIpc) is 2.99. The molecule has 1 N–H and O–H groups in total. The summed E-state index contributed by atoms with van der Waals surface area (Å²) in [6.45, 7) is 5.65. The van der Waals surface area contributed by atoms with Crippen molar-refractivity contribution >= 4 is 15.7 Å². The van der Waals surface area contributed by atoms with Gasteiger partial charge in [0, 0.05) is 18.8 Å². The minimum Gasteiger partial charge on any atom is -0.303 e. The van der Waals surface area contributed by atoms with E-state index in [-0.39, 0.29) is 4.90 Å². The molecule has 2 fully saturated rings. The number of alkyl halides is 3. The van der Waals surface area contributed by atoms with Crippen molar-refractivity contribution in [2.45, 2.75) is 36.8 Å². The van der Waals surface area contributed by atoms with Crippen LogP contribution in [0, 0.1) is 11.8 Å². The SMILES string of the molecule is CCCN1CC2CC(c3ccc(NS(=O)(=O)c4ccc(C(F)(F)F)cc4)cc3)C2C1. The van der Waals surface area contributed by atoms with E-state index < -0.39 is 21.8 Å². The molecule has 30 heavy (non-hydrogen) atoms. The Balaban J connectivity index is 1.41. The van der Waals surface area contributed by atoms with E-state index in [1.807, 2.05) is 12.1 Å². The topological polar surface area (TPSA) is 49.4 Å². The van der Waals surface area contributed by atoms with E-state index in [9.17, 15) is 21.6 Å². The third-order valence-corrected chi connectivity index (χ3v) is 7.66. The molecule has 0 aromatic heterocycles. The van der Waals surface area contributed by atoms with Crippen LogP contribution in [-0.4, -0.2) is 33.0 Å². The van der Waals surface area contributed by atoms with Crippen LogP contribution in [0.4, 0.5) is 18.9 Å². The predicted octanol–water partition coefficient (Wildman–Crippen LogP) is 4.95. The van der Waals surface area contributed by atoms with Gasteiger partial charge >= 0.3 is 6.18 Å². The molecule has 0 spiro atoms. The monoisotopic (exact) mass is 438 g/mol. The molecule has 0 amide bonds. The van der Waals surface area contributed by atoms with Gasteiger partial charge < -0.3 is 4.90 Å². The van der Waals surface area contributed by atoms with Gasteiger partial charge in [0.1, 0.15) is 0 Å². The van der Waals surface area contributed by atoms with E-state index in [0.29, 0.717) is 17.5 Å². The number of anilines is 1. The molecule has 8 heteroatoms. The molecule has 0 radical (unpaired) electrons. The fraction of sp³-hybridized carbons (Fsp3) is 0.455. The number of benzene rings is 2. The van der Waals surface area contributed by atoms with E-state index in [1.54, 1.807) is 12.1 Å². The van der Waals surface area contributed by atoms with Gasteiger partial charge in [0.15, 0.2) is 0 Å². The van der Waals surface area contributed by atoms with Crippen molar-refractivity contribution in [2.24, 2.45) is 11.8 Å². The highest BCUT2D eigenvalue weighted by molar-refractivity contribution is 7.92. The maximum atomic E-state index is 12.7. The van der Waals surface area contributed by atoms with E-state index in [1.165, 1.54) is 18.5 Å². The van der Waals surface area contributed by atoms with Gasteiger partial charge in [-0.2, -0.15) is 13.2 Å². The van der Waals surface area contributed by atoms with E-state index in [0.717, 1.165) is 49.7 Å². The number of sulfonamides is 1. The van der Waals surface area contributed by atoms with Gasteiger partial charge in [-0.15, -0.1) is 0 Å². The number of likely N-dealkylation sites (tertiary alicyclic amines) is 1. The van der Waals surface area contributed by atoms with Gasteiger partial charge in [0.2, 0.25) is 0 Å². The molecule has 1 heterocycles. The molecular weight excluding hydrogens is 413 g/mol. The minimum atomic E-state index is -4.50. The van der Waals surface area contributed by atoms with Crippen LogP contribution in [0.1, 0.15) is 36.8 Å². The second-order valence-electron chi connectivity index (χ2n) is 8.28. The molecule has 0 bridgehead atoms. The summed E-state index contributed by atoms with van der Waals surface area (Å²) in [5, 5.41) is 0. The highest BCUT2D eigenvalue weighted by Gasteiger charge is 2.46. The lowest BCUT2D eigenvalue weighted by Gasteiger charge is -2.40. The third-order valence-electron chi connectivity index (χ3n) is 6.26. The van der Waals surface area contributed by atoms with Crippen LogP contribution in [0.2, 0.25) is 0 Å². The third kappa shape index (κ3) is 4.21. The van der Waals surface area contributed by atoms with Crippen LogP contribution >= 0.6 is 0 Å². The first-order chi connectivity index (χ1) is 14.2. The number of hydrogen-bond donors (Lipinski definition) is 1. The van der Waals surface area contributed by atoms with Gasteiger partial charge in [-0.05, 0) is 79.1 Å². The first-order valence-corrected chi connectivity index (χ1v) is 11.7. The molecule has 2 aliphatic rings. The van der Waals surface area contributed by atoms with Crippen molar-refractivity contribution in [2.75, 3.05) is 24.4 Å². The summed E-state index contributed by atoms with van der Waals surface area (Å²) < 4.78 is 65.5. The highest BCUT2D eigenvalue weighted by atomic mass is 32.2. The molecule has 4 nitrogen and oxygen atoms in total. The summed E-state index contributed by atoms with van der Waals surface area (Å²) in [5.74, 6) is 1.95. The number of rotatable bonds is 6. The summed E-state index contributed by atoms with van der Waals surface area (Å²) >= 11 is 0. The zero-order chi connectivity index (χ0) is 21.5. The first-order valence-electron chi connectivity index (χ1n) is 10.2. The van der Waals surface area contributed by atoms with Crippen molar-refractivity contribution in [3.63, 3.8) is 0 Å². The Hall–Kier alpha value is -2.06. The quantitative estimate of drug-likeness (QED) is 0.694. The second kappa shape index (κ2) is 7.89. The molecule has 1 aliphatic carbocycles. The lowest BCUT2D eigenvalue weighted by atomic mass is 9.64. The number of nitrogens with zero attached hydrogens (tertiary/aromatic N) is 1. The van der Waals surface area contributed by atoms with Gasteiger partial charge in [-0.25, -0.2) is 8.42 Å². The Bertz CT molecular complexity index is 989. The summed E-state index contributed by atoms with van der Waals surface area (Å²) in [7, 11) is -3.95. The van der Waals surface area contributed by atoms with E-state index >= 15 is 0 Å². The van der Waals surface area contributed by atoms with E-state index in [4.69, 9.17) is 0 Å². The largest absolute Gasteiger partial charge is 0.416 e. The zero-order valence-electron chi connectivity index (χ0n) is 16.7. The molecule has 1 saturated carbocycles. The fourth-order valence-electron chi connectivity index (χ4n) is 4.72. The lowest BCUT2D eigenvalue weighted by Crippen LogP contribution is -2.33. The standard InChI is InChI=1S/C22H25F3N2O2S/c1-2-11-27-13-16-12-20(21(16)14-27)15-3-7-18(8-4-15)26-30(28,29)19-9-5-17(6-10-19)22(23,24)25/h3-10,16,20-21,26H,2,11-14H2,1H3. The van der Waals surface area contributed by atoms with Crippen molar-refractivity contribution in [3.05, 3.63) is 59.7 Å². The maximum absolute atomic E-state index is 12.7. The molecule has 1 aliphatic heterocycles. The van der Waals surface area contributed by atoms with Gasteiger partial charge in [0.25, 0.3) is 10.0 Å². The fourth-order valence-corrected chi connectivity index (χ4v) is 5.78. The predicted molar refractivity (Wildman–Crippen MR) is 110 cm³/mol. The molecule has 3 atom stereocenters. The Morgan fingerprint density at radius 1 is 1.03 bits per heavy atom. The number of fused-ring (bicyclic) bond motifs is 1. The Morgan fingerprint density at radius 2 is 1.70 bits per heavy atom. The van der Waals surface area contributed by atoms with Crippen LogP contribution < -0.4 is 4.72 Å². The van der Waals surface area contributed by atoms with E-state index in [2.05, 4.69) is 16.5 Å². The van der Waals surface area contributed by atoms with Crippen LogP contribution in [0.15, 0.2) is 53.4 Å². The van der Waals surface area contributed by atoms with Crippen molar-refractivity contribution in [3.8, 4) is 0 Å². The van der Waals surface area contributed by atoms with Crippen LogP contribution in [0.5, 0.6) is 0 Å². The Labute approximate surface area is 175 Å². The smallest absolute Gasteiger partial charge is 0.303 e. The molecule has 1 saturated heterocycles. The first kappa shape index (κ1) is 21.2. The minimum absolute atomic E-state index is 0.205. The highest BCUT2D eigenvalue weighted by Crippen LogP contribution is 2.51. The van der Waals surface area contributed by atoms with Crippen LogP contribution in [-0.2, 0) is 16.2 Å².